The van der Waals surface area contributed by atoms with E-state index in [1.54, 1.807) is 33.8 Å². The van der Waals surface area contributed by atoms with Gasteiger partial charge in [0.15, 0.2) is 11.2 Å². The zero-order valence-corrected chi connectivity index (χ0v) is 22.6. The first-order valence-electron chi connectivity index (χ1n) is 10.6. The summed E-state index contributed by atoms with van der Waals surface area (Å²) < 4.78 is 32.5. The van der Waals surface area contributed by atoms with E-state index in [-0.39, 0.29) is 26.5 Å². The molecule has 11 heteroatoms. The number of aromatic nitrogens is 1. The van der Waals surface area contributed by atoms with E-state index < -0.39 is 21.1 Å². The van der Waals surface area contributed by atoms with Gasteiger partial charge in [0.05, 0.1) is 10.6 Å². The number of nitrogens with one attached hydrogen (secondary N) is 2. The van der Waals surface area contributed by atoms with Crippen LogP contribution in [0.5, 0.6) is 0 Å². The molecule has 1 amide bonds. The summed E-state index contributed by atoms with van der Waals surface area (Å²) in [7, 11) is -4.17. The molecular weight excluding hydrogens is 510 g/mol. The number of hydrogen-bond donors (Lipinski definition) is 2. The molecule has 3 aromatic rings. The number of nitrogens with zero attached hydrogens (tertiary/aromatic N) is 1. The van der Waals surface area contributed by atoms with Crippen molar-refractivity contribution in [3.8, 4) is 0 Å². The molecule has 0 radical (unpaired) electrons. The van der Waals surface area contributed by atoms with Crippen LogP contribution < -0.4 is 10.6 Å². The van der Waals surface area contributed by atoms with E-state index in [0.717, 1.165) is 16.9 Å². The van der Waals surface area contributed by atoms with Gasteiger partial charge in [0.1, 0.15) is 15.6 Å². The SMILES string of the molecule is C=CC(Nc1onc(C)c1Cl)S(=O)(=O)c1c(C(=O)Nc2cc(C)cc(C)c2C(C)=O)sc(C)c1C. The Kier molecular flexibility index (Phi) is 7.59. The highest BCUT2D eigenvalue weighted by Crippen LogP contribution is 2.36. The lowest BCUT2D eigenvalue weighted by Crippen LogP contribution is -2.29. The van der Waals surface area contributed by atoms with Crippen LogP contribution in [0.2, 0.25) is 5.02 Å². The van der Waals surface area contributed by atoms with Crippen LogP contribution in [0.4, 0.5) is 11.6 Å². The van der Waals surface area contributed by atoms with Crippen molar-refractivity contribution in [2.75, 3.05) is 10.6 Å². The van der Waals surface area contributed by atoms with Crippen molar-refractivity contribution in [3.05, 3.63) is 67.5 Å². The predicted molar refractivity (Wildman–Crippen MR) is 139 cm³/mol. The number of sulfone groups is 1. The Morgan fingerprint density at radius 3 is 2.40 bits per heavy atom. The molecule has 35 heavy (non-hydrogen) atoms. The summed E-state index contributed by atoms with van der Waals surface area (Å²) in [5.41, 5.74) is 3.11. The van der Waals surface area contributed by atoms with E-state index >= 15 is 0 Å². The number of rotatable bonds is 8. The third-order valence-corrected chi connectivity index (χ3v) is 9.35. The van der Waals surface area contributed by atoms with Crippen molar-refractivity contribution in [1.29, 1.82) is 0 Å². The highest BCUT2D eigenvalue weighted by atomic mass is 35.5. The Morgan fingerprint density at radius 2 is 1.86 bits per heavy atom. The molecule has 8 nitrogen and oxygen atoms in total. The number of amides is 1. The van der Waals surface area contributed by atoms with E-state index in [4.69, 9.17) is 16.1 Å². The molecule has 0 aliphatic carbocycles. The predicted octanol–water partition coefficient (Wildman–Crippen LogP) is 5.78. The first kappa shape index (κ1) is 26.7. The van der Waals surface area contributed by atoms with Crippen molar-refractivity contribution < 1.29 is 22.5 Å². The Morgan fingerprint density at radius 1 is 1.20 bits per heavy atom. The number of carbonyl (C=O) groups excluding carboxylic acids is 2. The normalized spacial score (nSPS) is 12.3. The van der Waals surface area contributed by atoms with Crippen molar-refractivity contribution in [2.45, 2.75) is 51.8 Å². The van der Waals surface area contributed by atoms with Crippen LogP contribution >= 0.6 is 22.9 Å². The summed E-state index contributed by atoms with van der Waals surface area (Å²) in [6.07, 6.45) is 1.19. The summed E-state index contributed by atoms with van der Waals surface area (Å²) in [5, 5.41) is 7.98. The van der Waals surface area contributed by atoms with Gasteiger partial charge in [-0.3, -0.25) is 9.59 Å². The minimum absolute atomic E-state index is 0.00200. The second kappa shape index (κ2) is 9.96. The van der Waals surface area contributed by atoms with E-state index in [0.29, 0.717) is 32.9 Å². The molecule has 0 bridgehead atoms. The van der Waals surface area contributed by atoms with Crippen molar-refractivity contribution in [3.63, 3.8) is 0 Å². The first-order chi connectivity index (χ1) is 16.3. The number of thiophene rings is 1. The van der Waals surface area contributed by atoms with Crippen LogP contribution in [0.15, 0.2) is 34.2 Å². The van der Waals surface area contributed by atoms with Crippen LogP contribution in [0.3, 0.4) is 0 Å². The second-order valence-electron chi connectivity index (χ2n) is 8.21. The maximum absolute atomic E-state index is 13.7. The lowest BCUT2D eigenvalue weighted by molar-refractivity contribution is 0.101. The molecule has 0 spiro atoms. The molecule has 0 aliphatic heterocycles. The molecule has 0 saturated carbocycles. The highest BCUT2D eigenvalue weighted by Gasteiger charge is 2.35. The fourth-order valence-corrected chi connectivity index (χ4v) is 7.09. The lowest BCUT2D eigenvalue weighted by Gasteiger charge is -2.17. The summed E-state index contributed by atoms with van der Waals surface area (Å²) in [4.78, 5) is 26.2. The van der Waals surface area contributed by atoms with E-state index in [9.17, 15) is 18.0 Å². The van der Waals surface area contributed by atoms with Gasteiger partial charge in [-0.15, -0.1) is 11.3 Å². The van der Waals surface area contributed by atoms with E-state index in [1.165, 1.54) is 13.0 Å². The smallest absolute Gasteiger partial charge is 0.267 e. The number of halogens is 1. The van der Waals surface area contributed by atoms with Gasteiger partial charge < -0.3 is 15.2 Å². The molecule has 1 aromatic carbocycles. The Bertz CT molecular complexity index is 1450. The summed E-state index contributed by atoms with van der Waals surface area (Å²) in [5.74, 6) is -0.859. The van der Waals surface area contributed by atoms with Crippen molar-refractivity contribution in [1.82, 2.24) is 5.16 Å². The molecule has 2 heterocycles. The van der Waals surface area contributed by atoms with Crippen LogP contribution in [0, 0.1) is 34.6 Å². The van der Waals surface area contributed by atoms with Gasteiger partial charge in [0, 0.05) is 10.4 Å². The molecule has 0 aliphatic rings. The largest absolute Gasteiger partial charge is 0.337 e. The van der Waals surface area contributed by atoms with Gasteiger partial charge in [-0.05, 0) is 64.3 Å². The molecule has 0 fully saturated rings. The van der Waals surface area contributed by atoms with Crippen LogP contribution in [0.25, 0.3) is 0 Å². The number of anilines is 2. The molecule has 0 saturated heterocycles. The second-order valence-corrected chi connectivity index (χ2v) is 11.8. The molecule has 1 unspecified atom stereocenters. The van der Waals surface area contributed by atoms with Crippen LogP contribution in [0.1, 0.15) is 54.2 Å². The maximum Gasteiger partial charge on any atom is 0.267 e. The molecule has 186 valence electrons. The number of hydrogen-bond acceptors (Lipinski definition) is 8. The van der Waals surface area contributed by atoms with Crippen LogP contribution in [-0.2, 0) is 9.84 Å². The van der Waals surface area contributed by atoms with Gasteiger partial charge >= 0.3 is 0 Å². The fraction of sp³-hybridized carbons (Fsp3) is 0.292. The Balaban J connectivity index is 2.07. The molecule has 1 atom stereocenters. The first-order valence-corrected chi connectivity index (χ1v) is 13.3. The van der Waals surface area contributed by atoms with Crippen molar-refractivity contribution >= 4 is 56.0 Å². The number of aryl methyl sites for hydroxylation is 4. The minimum atomic E-state index is -4.17. The van der Waals surface area contributed by atoms with Crippen molar-refractivity contribution in [2.24, 2.45) is 0 Å². The highest BCUT2D eigenvalue weighted by molar-refractivity contribution is 7.92. The minimum Gasteiger partial charge on any atom is -0.337 e. The van der Waals surface area contributed by atoms with Gasteiger partial charge in [0.2, 0.25) is 15.7 Å². The molecule has 3 rings (SSSR count). The molecule has 2 N–H and O–H groups in total. The monoisotopic (exact) mass is 535 g/mol. The number of ketones is 1. The van der Waals surface area contributed by atoms with Gasteiger partial charge in [-0.25, -0.2) is 8.42 Å². The van der Waals surface area contributed by atoms with Gasteiger partial charge in [-0.1, -0.05) is 35.5 Å². The Labute approximate surface area is 213 Å². The molecule has 2 aromatic heterocycles. The quantitative estimate of drug-likeness (QED) is 0.277. The van der Waals surface area contributed by atoms with Gasteiger partial charge in [0.25, 0.3) is 5.91 Å². The van der Waals surface area contributed by atoms with E-state index in [2.05, 4.69) is 22.4 Å². The zero-order valence-electron chi connectivity index (χ0n) is 20.2. The average Bonchev–Trinajstić information content (AvgIpc) is 3.24. The third kappa shape index (κ3) is 5.05. The topological polar surface area (TPSA) is 118 Å². The molecular formula is C24H26ClN3O5S2. The number of Topliss-reactive ketones (excluding diaryl/α,β-unsaturated/α-hetero) is 1. The maximum atomic E-state index is 13.7. The number of carbonyl (C=O) groups is 2. The van der Waals surface area contributed by atoms with Crippen LogP contribution in [-0.4, -0.2) is 30.6 Å². The average molecular weight is 536 g/mol. The third-order valence-electron chi connectivity index (χ3n) is 5.51. The number of benzene rings is 1. The Hall–Kier alpha value is -2.95. The summed E-state index contributed by atoms with van der Waals surface area (Å²) in [6.45, 7) is 13.7. The van der Waals surface area contributed by atoms with Gasteiger partial charge in [-0.2, -0.15) is 0 Å². The lowest BCUT2D eigenvalue weighted by atomic mass is 10.00. The summed E-state index contributed by atoms with van der Waals surface area (Å²) in [6, 6.07) is 3.53. The summed E-state index contributed by atoms with van der Waals surface area (Å²) >= 11 is 7.20. The zero-order chi connectivity index (χ0) is 26.2. The standard InChI is InChI=1S/C24H26ClN3O5S2/c1-8-18(27-24-20(25)14(5)28-33-24)35(31,32)22-13(4)16(7)34-21(22)23(30)26-17-10-11(2)9-12(3)19(17)15(6)29/h8-10,18,27H,1H2,2-7H3,(H,26,30). The fourth-order valence-electron chi connectivity index (χ4n) is 3.78. The van der Waals surface area contributed by atoms with E-state index in [1.807, 2.05) is 13.0 Å².